The van der Waals surface area contributed by atoms with Crippen LogP contribution in [0.3, 0.4) is 0 Å². The van der Waals surface area contributed by atoms with Crippen LogP contribution >= 0.6 is 24.0 Å². The molecule has 0 saturated carbocycles. The van der Waals surface area contributed by atoms with Gasteiger partial charge in [0.2, 0.25) is 5.89 Å². The number of piperidine rings is 1. The van der Waals surface area contributed by atoms with E-state index in [1.807, 2.05) is 20.9 Å². The molecule has 0 bridgehead atoms. The Kier molecular flexibility index (Phi) is 9.22. The molecule has 8 heteroatoms. The quantitative estimate of drug-likeness (QED) is 0.325. The SMILES string of the molecule is CN=C(NCC1CCN(Cc2nc(C)c(C)o2)CC1)NC1CCN(c2ccccc2)C1.I. The number of para-hydroxylation sites is 1. The van der Waals surface area contributed by atoms with Gasteiger partial charge < -0.3 is 20.0 Å². The van der Waals surface area contributed by atoms with Gasteiger partial charge in [-0.25, -0.2) is 4.98 Å². The number of aromatic nitrogens is 1. The van der Waals surface area contributed by atoms with Crippen molar-refractivity contribution in [2.45, 2.75) is 45.7 Å². The predicted molar refractivity (Wildman–Crippen MR) is 141 cm³/mol. The van der Waals surface area contributed by atoms with E-state index in [1.54, 1.807) is 0 Å². The highest BCUT2D eigenvalue weighted by molar-refractivity contribution is 14.0. The Labute approximate surface area is 209 Å². The fourth-order valence-electron chi connectivity index (χ4n) is 4.53. The van der Waals surface area contributed by atoms with Crippen molar-refractivity contribution >= 4 is 35.6 Å². The molecule has 2 saturated heterocycles. The second-order valence-electron chi connectivity index (χ2n) is 8.83. The predicted octanol–water partition coefficient (Wildman–Crippen LogP) is 3.57. The van der Waals surface area contributed by atoms with Gasteiger partial charge in [0.25, 0.3) is 0 Å². The minimum absolute atomic E-state index is 0. The number of guanidine groups is 1. The Morgan fingerprint density at radius 1 is 1.12 bits per heavy atom. The Hall–Kier alpha value is -1.81. The van der Waals surface area contributed by atoms with Gasteiger partial charge in [-0.2, -0.15) is 0 Å². The number of hydrogen-bond donors (Lipinski definition) is 2. The molecule has 0 radical (unpaired) electrons. The van der Waals surface area contributed by atoms with Crippen LogP contribution in [0.4, 0.5) is 5.69 Å². The molecular formula is C24H37IN6O. The van der Waals surface area contributed by atoms with E-state index in [1.165, 1.54) is 18.5 Å². The van der Waals surface area contributed by atoms with Gasteiger partial charge >= 0.3 is 0 Å². The van der Waals surface area contributed by atoms with Crippen molar-refractivity contribution < 1.29 is 4.42 Å². The molecular weight excluding hydrogens is 515 g/mol. The molecule has 0 amide bonds. The van der Waals surface area contributed by atoms with Crippen LogP contribution in [-0.2, 0) is 6.54 Å². The third kappa shape index (κ3) is 6.60. The van der Waals surface area contributed by atoms with Crippen molar-refractivity contribution in [1.82, 2.24) is 20.5 Å². The fraction of sp³-hybridized carbons (Fsp3) is 0.583. The summed E-state index contributed by atoms with van der Waals surface area (Å²) in [5.41, 5.74) is 2.30. The summed E-state index contributed by atoms with van der Waals surface area (Å²) in [5, 5.41) is 7.19. The molecule has 0 aliphatic carbocycles. The summed E-state index contributed by atoms with van der Waals surface area (Å²) >= 11 is 0. The van der Waals surface area contributed by atoms with Crippen molar-refractivity contribution in [1.29, 1.82) is 0 Å². The van der Waals surface area contributed by atoms with Crippen LogP contribution in [0.5, 0.6) is 0 Å². The smallest absolute Gasteiger partial charge is 0.208 e. The Morgan fingerprint density at radius 2 is 1.88 bits per heavy atom. The number of anilines is 1. The third-order valence-electron chi connectivity index (χ3n) is 6.57. The third-order valence-corrected chi connectivity index (χ3v) is 6.57. The lowest BCUT2D eigenvalue weighted by molar-refractivity contribution is 0.164. The van der Waals surface area contributed by atoms with Crippen molar-refractivity contribution in [3.63, 3.8) is 0 Å². The number of aryl methyl sites for hydroxylation is 2. The van der Waals surface area contributed by atoms with Gasteiger partial charge in [0.15, 0.2) is 5.96 Å². The van der Waals surface area contributed by atoms with Gasteiger partial charge in [-0.05, 0) is 64.3 Å². The summed E-state index contributed by atoms with van der Waals surface area (Å²) in [6, 6.07) is 11.1. The standard InChI is InChI=1S/C24H36N6O.HI/c1-18-19(2)31-23(27-18)17-29-12-9-20(10-13-29)15-26-24(25-3)28-21-11-14-30(16-21)22-7-5-4-6-8-22;/h4-8,20-21H,9-17H2,1-3H3,(H2,25,26,28);1H. The van der Waals surface area contributed by atoms with E-state index in [0.717, 1.165) is 69.0 Å². The van der Waals surface area contributed by atoms with Crippen LogP contribution in [-0.4, -0.2) is 61.7 Å². The van der Waals surface area contributed by atoms with Crippen molar-refractivity contribution in [2.24, 2.45) is 10.9 Å². The molecule has 176 valence electrons. The van der Waals surface area contributed by atoms with Crippen LogP contribution in [0.2, 0.25) is 0 Å². The monoisotopic (exact) mass is 552 g/mol. The Morgan fingerprint density at radius 3 is 2.53 bits per heavy atom. The van der Waals surface area contributed by atoms with E-state index in [0.29, 0.717) is 12.0 Å². The summed E-state index contributed by atoms with van der Waals surface area (Å²) in [6.45, 7) is 10.1. The highest BCUT2D eigenvalue weighted by atomic mass is 127. The Bertz CT molecular complexity index is 843. The van der Waals surface area contributed by atoms with Crippen LogP contribution in [0.1, 0.15) is 36.6 Å². The second kappa shape index (κ2) is 11.9. The van der Waals surface area contributed by atoms with Crippen molar-refractivity contribution in [3.05, 3.63) is 47.7 Å². The first-order valence-electron chi connectivity index (χ1n) is 11.5. The summed E-state index contributed by atoms with van der Waals surface area (Å²) < 4.78 is 5.74. The molecule has 2 aliphatic rings. The van der Waals surface area contributed by atoms with E-state index in [4.69, 9.17) is 4.42 Å². The molecule has 3 heterocycles. The summed E-state index contributed by atoms with van der Waals surface area (Å²) in [7, 11) is 1.86. The van der Waals surface area contributed by atoms with Gasteiger partial charge in [0, 0.05) is 38.4 Å². The maximum absolute atomic E-state index is 5.74. The summed E-state index contributed by atoms with van der Waals surface area (Å²) in [5.74, 6) is 3.37. The minimum Gasteiger partial charge on any atom is -0.444 e. The highest BCUT2D eigenvalue weighted by Gasteiger charge is 2.24. The maximum Gasteiger partial charge on any atom is 0.208 e. The van der Waals surface area contributed by atoms with Crippen LogP contribution < -0.4 is 15.5 Å². The van der Waals surface area contributed by atoms with Gasteiger partial charge in [0.05, 0.1) is 12.2 Å². The lowest BCUT2D eigenvalue weighted by Gasteiger charge is -2.31. The summed E-state index contributed by atoms with van der Waals surface area (Å²) in [4.78, 5) is 13.9. The summed E-state index contributed by atoms with van der Waals surface area (Å²) in [6.07, 6.45) is 3.51. The second-order valence-corrected chi connectivity index (χ2v) is 8.83. The first-order valence-corrected chi connectivity index (χ1v) is 11.5. The highest BCUT2D eigenvalue weighted by Crippen LogP contribution is 2.21. The van der Waals surface area contributed by atoms with Gasteiger partial charge in [-0.1, -0.05) is 18.2 Å². The normalized spacial score (nSPS) is 20.3. The molecule has 1 aromatic heterocycles. The number of halogens is 1. The lowest BCUT2D eigenvalue weighted by Crippen LogP contribution is -2.47. The average Bonchev–Trinajstić information content (AvgIpc) is 3.38. The number of benzene rings is 1. The van der Waals surface area contributed by atoms with E-state index >= 15 is 0 Å². The number of nitrogens with one attached hydrogen (secondary N) is 2. The zero-order chi connectivity index (χ0) is 21.6. The lowest BCUT2D eigenvalue weighted by atomic mass is 9.97. The number of aliphatic imine (C=N–C) groups is 1. The van der Waals surface area contributed by atoms with Crippen LogP contribution in [0.25, 0.3) is 0 Å². The maximum atomic E-state index is 5.74. The fourth-order valence-corrected chi connectivity index (χ4v) is 4.53. The molecule has 1 atom stereocenters. The molecule has 2 aliphatic heterocycles. The minimum atomic E-state index is 0. The number of hydrogen-bond acceptors (Lipinski definition) is 5. The molecule has 1 unspecified atom stereocenters. The molecule has 32 heavy (non-hydrogen) atoms. The molecule has 1 aromatic carbocycles. The van der Waals surface area contributed by atoms with Gasteiger partial charge in [-0.3, -0.25) is 9.89 Å². The van der Waals surface area contributed by atoms with Crippen molar-refractivity contribution in [2.75, 3.05) is 44.7 Å². The van der Waals surface area contributed by atoms with E-state index in [9.17, 15) is 0 Å². The molecule has 2 fully saturated rings. The topological polar surface area (TPSA) is 68.9 Å². The largest absolute Gasteiger partial charge is 0.444 e. The first-order chi connectivity index (χ1) is 15.1. The molecule has 4 rings (SSSR count). The first kappa shape index (κ1) is 24.8. The zero-order valence-corrected chi connectivity index (χ0v) is 21.8. The number of likely N-dealkylation sites (tertiary alicyclic amines) is 1. The van der Waals surface area contributed by atoms with E-state index in [-0.39, 0.29) is 24.0 Å². The Balaban J connectivity index is 0.00000289. The van der Waals surface area contributed by atoms with Gasteiger partial charge in [-0.15, -0.1) is 24.0 Å². The van der Waals surface area contributed by atoms with Crippen LogP contribution in [0.15, 0.2) is 39.7 Å². The number of nitrogens with zero attached hydrogens (tertiary/aromatic N) is 4. The molecule has 2 N–H and O–H groups in total. The number of oxazole rings is 1. The van der Waals surface area contributed by atoms with Crippen LogP contribution in [0, 0.1) is 19.8 Å². The molecule has 2 aromatic rings. The van der Waals surface area contributed by atoms with Gasteiger partial charge in [0.1, 0.15) is 5.76 Å². The van der Waals surface area contributed by atoms with E-state index < -0.39 is 0 Å². The number of rotatable bonds is 6. The van der Waals surface area contributed by atoms with Crippen molar-refractivity contribution in [3.8, 4) is 0 Å². The molecule has 7 nitrogen and oxygen atoms in total. The average molecular weight is 553 g/mol. The molecule has 0 spiro atoms. The van der Waals surface area contributed by atoms with E-state index in [2.05, 4.69) is 60.7 Å². The zero-order valence-electron chi connectivity index (χ0n) is 19.5.